The largest absolute Gasteiger partial charge is 0.456 e. The summed E-state index contributed by atoms with van der Waals surface area (Å²) in [5.74, 6) is 1.44. The number of rotatable bonds is 5. The number of pyridine rings is 3. The Labute approximate surface area is 296 Å². The predicted octanol–water partition coefficient (Wildman–Crippen LogP) is 11.4. The molecule has 244 valence electrons. The summed E-state index contributed by atoms with van der Waals surface area (Å²) < 4.78 is 17.6. The molecule has 0 amide bonds. The van der Waals surface area contributed by atoms with Gasteiger partial charge in [-0.15, -0.1) is 0 Å². The van der Waals surface area contributed by atoms with E-state index >= 15 is 0 Å². The quantitative estimate of drug-likeness (QED) is 0.182. The summed E-state index contributed by atoms with van der Waals surface area (Å²) in [5.41, 5.74) is 12.5. The highest BCUT2D eigenvalue weighted by Gasteiger charge is 2.21. The molecule has 7 heteroatoms. The van der Waals surface area contributed by atoms with Crippen molar-refractivity contribution in [1.82, 2.24) is 24.1 Å². The van der Waals surface area contributed by atoms with E-state index < -0.39 is 0 Å². The van der Waals surface area contributed by atoms with Crippen LogP contribution in [-0.4, -0.2) is 24.1 Å². The van der Waals surface area contributed by atoms with Crippen molar-refractivity contribution in [3.63, 3.8) is 0 Å². The maximum absolute atomic E-state index is 7.00. The molecule has 0 atom stereocenters. The second-order valence-corrected chi connectivity index (χ2v) is 12.9. The highest BCUT2D eigenvalue weighted by atomic mass is 16.5. The zero-order valence-corrected chi connectivity index (χ0v) is 27.6. The average Bonchev–Trinajstić information content (AvgIpc) is 3.86. The lowest BCUT2D eigenvalue weighted by Crippen LogP contribution is -1.95. The van der Waals surface area contributed by atoms with Gasteiger partial charge in [-0.25, -0.2) is 0 Å². The van der Waals surface area contributed by atoms with Crippen LogP contribution in [0.1, 0.15) is 0 Å². The highest BCUT2D eigenvalue weighted by molar-refractivity contribution is 6.13. The summed E-state index contributed by atoms with van der Waals surface area (Å²) in [6.45, 7) is 0. The summed E-state index contributed by atoms with van der Waals surface area (Å²) in [4.78, 5) is 14.4. The Kier molecular flexibility index (Phi) is 6.12. The standard InChI is InChI=1S/C45H27N5O2/c1-2-10-28(11-3-1)29-12-4-13-30(26-29)49-33-14-5-18-38(41(33)44-35(49)16-7-23-47-44)52-39-19-6-15-34-42(39)45-36(17-8-24-48-45)50(34)31-21-22-37-32(27-31)43-40(51-37)20-9-25-46-43/h1-27H. The second kappa shape index (κ2) is 11.1. The first-order valence-corrected chi connectivity index (χ1v) is 17.2. The van der Waals surface area contributed by atoms with Gasteiger partial charge in [-0.2, -0.15) is 0 Å². The van der Waals surface area contributed by atoms with Crippen molar-refractivity contribution in [2.45, 2.75) is 0 Å². The van der Waals surface area contributed by atoms with Crippen LogP contribution in [0, 0.1) is 0 Å². The third-order valence-electron chi connectivity index (χ3n) is 9.92. The summed E-state index contributed by atoms with van der Waals surface area (Å²) in [6.07, 6.45) is 5.48. The molecule has 0 spiro atoms. The average molecular weight is 670 g/mol. The van der Waals surface area contributed by atoms with Crippen molar-refractivity contribution >= 4 is 65.9 Å². The van der Waals surface area contributed by atoms with Crippen molar-refractivity contribution < 1.29 is 9.15 Å². The molecular weight excluding hydrogens is 643 g/mol. The van der Waals surface area contributed by atoms with Crippen molar-refractivity contribution in [1.29, 1.82) is 0 Å². The third kappa shape index (κ3) is 4.23. The topological polar surface area (TPSA) is 70.9 Å². The number of hydrogen-bond acceptors (Lipinski definition) is 5. The molecule has 0 aliphatic carbocycles. The fourth-order valence-electron chi connectivity index (χ4n) is 7.71. The van der Waals surface area contributed by atoms with E-state index in [1.165, 1.54) is 5.56 Å². The molecule has 0 aliphatic heterocycles. The first-order chi connectivity index (χ1) is 25.8. The minimum Gasteiger partial charge on any atom is -0.456 e. The van der Waals surface area contributed by atoms with Crippen LogP contribution in [0.15, 0.2) is 169 Å². The van der Waals surface area contributed by atoms with E-state index in [0.29, 0.717) is 5.75 Å². The number of furan rings is 1. The van der Waals surface area contributed by atoms with E-state index in [-0.39, 0.29) is 0 Å². The Morgan fingerprint density at radius 3 is 1.69 bits per heavy atom. The molecule has 11 rings (SSSR count). The molecule has 6 heterocycles. The van der Waals surface area contributed by atoms with Crippen LogP contribution in [0.5, 0.6) is 11.5 Å². The lowest BCUT2D eigenvalue weighted by Gasteiger charge is -2.12. The van der Waals surface area contributed by atoms with Crippen molar-refractivity contribution in [2.24, 2.45) is 0 Å². The van der Waals surface area contributed by atoms with E-state index in [1.54, 1.807) is 6.20 Å². The van der Waals surface area contributed by atoms with Crippen LogP contribution >= 0.6 is 0 Å². The number of nitrogens with zero attached hydrogens (tertiary/aromatic N) is 5. The summed E-state index contributed by atoms with van der Waals surface area (Å²) in [6, 6.07) is 49.7. The van der Waals surface area contributed by atoms with Gasteiger partial charge in [-0.1, -0.05) is 54.6 Å². The smallest absolute Gasteiger partial charge is 0.153 e. The number of ether oxygens (including phenoxy) is 1. The maximum Gasteiger partial charge on any atom is 0.153 e. The SMILES string of the molecule is c1ccc(-c2cccc(-n3c4cccnc4c4c(Oc5cccc6c5c5ncccc5n6-c5ccc6oc7cccnc7c6c5)cccc43)c2)cc1. The molecule has 0 N–H and O–H groups in total. The second-order valence-electron chi connectivity index (χ2n) is 12.9. The van der Waals surface area contributed by atoms with Gasteiger partial charge >= 0.3 is 0 Å². The Morgan fingerprint density at radius 2 is 1.00 bits per heavy atom. The molecule has 5 aromatic carbocycles. The predicted molar refractivity (Wildman–Crippen MR) is 208 cm³/mol. The van der Waals surface area contributed by atoms with Gasteiger partial charge in [0.15, 0.2) is 5.58 Å². The van der Waals surface area contributed by atoms with Gasteiger partial charge in [0.1, 0.15) is 33.6 Å². The van der Waals surface area contributed by atoms with Crippen LogP contribution in [-0.2, 0) is 0 Å². The van der Waals surface area contributed by atoms with Gasteiger partial charge in [-0.05, 0) is 102 Å². The van der Waals surface area contributed by atoms with E-state index in [2.05, 4.69) is 99.0 Å². The van der Waals surface area contributed by atoms with Gasteiger partial charge in [0.25, 0.3) is 0 Å². The third-order valence-corrected chi connectivity index (χ3v) is 9.92. The lowest BCUT2D eigenvalue weighted by molar-refractivity contribution is 0.494. The van der Waals surface area contributed by atoms with Gasteiger partial charge < -0.3 is 18.3 Å². The van der Waals surface area contributed by atoms with Gasteiger partial charge in [0.05, 0.1) is 32.8 Å². The van der Waals surface area contributed by atoms with Crippen molar-refractivity contribution in [2.75, 3.05) is 0 Å². The molecule has 0 unspecified atom stereocenters. The Balaban J connectivity index is 1.10. The normalized spacial score (nSPS) is 11.8. The van der Waals surface area contributed by atoms with Gasteiger partial charge in [-0.3, -0.25) is 15.0 Å². The van der Waals surface area contributed by atoms with Crippen LogP contribution < -0.4 is 4.74 Å². The molecule has 52 heavy (non-hydrogen) atoms. The highest BCUT2D eigenvalue weighted by Crippen LogP contribution is 2.43. The van der Waals surface area contributed by atoms with Crippen LogP contribution in [0.4, 0.5) is 0 Å². The molecule has 0 saturated carbocycles. The number of benzene rings is 5. The Bertz CT molecular complexity index is 3170. The molecule has 0 bridgehead atoms. The molecular formula is C45H27N5O2. The molecule has 0 saturated heterocycles. The summed E-state index contributed by atoms with van der Waals surface area (Å²) >= 11 is 0. The Morgan fingerprint density at radius 1 is 0.423 bits per heavy atom. The van der Waals surface area contributed by atoms with Crippen LogP contribution in [0.3, 0.4) is 0 Å². The fraction of sp³-hybridized carbons (Fsp3) is 0. The molecule has 0 aliphatic rings. The molecule has 0 fully saturated rings. The van der Waals surface area contributed by atoms with E-state index in [4.69, 9.17) is 19.1 Å². The zero-order valence-electron chi connectivity index (χ0n) is 27.6. The van der Waals surface area contributed by atoms with Crippen molar-refractivity contribution in [3.8, 4) is 34.0 Å². The molecule has 6 aromatic heterocycles. The zero-order chi connectivity index (χ0) is 34.2. The maximum atomic E-state index is 7.00. The molecule has 11 aromatic rings. The van der Waals surface area contributed by atoms with Crippen LogP contribution in [0.2, 0.25) is 0 Å². The number of hydrogen-bond donors (Lipinski definition) is 0. The summed E-state index contributed by atoms with van der Waals surface area (Å²) in [5, 5.41) is 2.84. The first kappa shape index (κ1) is 28.6. The minimum atomic E-state index is 0.715. The summed E-state index contributed by atoms with van der Waals surface area (Å²) in [7, 11) is 0. The first-order valence-electron chi connectivity index (χ1n) is 17.2. The van der Waals surface area contributed by atoms with Gasteiger partial charge in [0.2, 0.25) is 0 Å². The minimum absolute atomic E-state index is 0.715. The van der Waals surface area contributed by atoms with Gasteiger partial charge in [0, 0.05) is 35.4 Å². The lowest BCUT2D eigenvalue weighted by atomic mass is 10.1. The monoisotopic (exact) mass is 669 g/mol. The molecule has 0 radical (unpaired) electrons. The van der Waals surface area contributed by atoms with E-state index in [0.717, 1.165) is 88.6 Å². The molecule has 7 nitrogen and oxygen atoms in total. The van der Waals surface area contributed by atoms with E-state index in [1.807, 2.05) is 73.1 Å². The van der Waals surface area contributed by atoms with Crippen LogP contribution in [0.25, 0.3) is 88.4 Å². The van der Waals surface area contributed by atoms with E-state index in [9.17, 15) is 0 Å². The fourth-order valence-corrected chi connectivity index (χ4v) is 7.71. The Hall–Kier alpha value is -7.25. The number of fused-ring (bicyclic) bond motifs is 9. The number of aromatic nitrogens is 5. The van der Waals surface area contributed by atoms with Crippen molar-refractivity contribution in [3.05, 3.63) is 164 Å².